The molecule has 2 aromatic heterocycles. The number of benzene rings is 1. The van der Waals surface area contributed by atoms with Gasteiger partial charge in [0.05, 0.1) is 27.9 Å². The van der Waals surface area contributed by atoms with E-state index in [1.165, 1.54) is 6.20 Å². The van der Waals surface area contributed by atoms with Gasteiger partial charge in [0.1, 0.15) is 6.10 Å². The monoisotopic (exact) mass is 274 g/mol. The van der Waals surface area contributed by atoms with Crippen LogP contribution in [0.2, 0.25) is 5.02 Å². The third-order valence-corrected chi connectivity index (χ3v) is 3.31. The molecule has 19 heavy (non-hydrogen) atoms. The fourth-order valence-corrected chi connectivity index (χ4v) is 2.38. The molecule has 2 heterocycles. The number of aliphatic hydroxyl groups is 1. The van der Waals surface area contributed by atoms with Crippen LogP contribution in [0.5, 0.6) is 0 Å². The van der Waals surface area contributed by atoms with Crippen molar-refractivity contribution >= 4 is 22.6 Å². The number of aromatic nitrogens is 4. The molecule has 1 unspecified atom stereocenters. The molecule has 3 rings (SSSR count). The van der Waals surface area contributed by atoms with Crippen molar-refractivity contribution in [2.24, 2.45) is 7.05 Å². The van der Waals surface area contributed by atoms with Crippen LogP contribution < -0.4 is 0 Å². The van der Waals surface area contributed by atoms with Gasteiger partial charge in [0.25, 0.3) is 0 Å². The molecule has 1 aromatic carbocycles. The summed E-state index contributed by atoms with van der Waals surface area (Å²) < 4.78 is 1.56. The standard InChI is InChI=1S/C13H11ClN4O/c1-18-12(9(14)7-17-18)13(19)8-3-2-4-10-11(8)16-6-5-15-10/h2-7,13,19H,1H3. The van der Waals surface area contributed by atoms with E-state index >= 15 is 0 Å². The second kappa shape index (κ2) is 4.60. The summed E-state index contributed by atoms with van der Waals surface area (Å²) >= 11 is 6.06. The summed E-state index contributed by atoms with van der Waals surface area (Å²) in [6.45, 7) is 0. The van der Waals surface area contributed by atoms with E-state index < -0.39 is 6.10 Å². The van der Waals surface area contributed by atoms with Crippen LogP contribution >= 0.6 is 11.6 Å². The van der Waals surface area contributed by atoms with Crippen molar-refractivity contribution in [1.29, 1.82) is 0 Å². The molecular weight excluding hydrogens is 264 g/mol. The van der Waals surface area contributed by atoms with Gasteiger partial charge in [-0.25, -0.2) is 0 Å². The molecular formula is C13H11ClN4O. The minimum atomic E-state index is -0.889. The summed E-state index contributed by atoms with van der Waals surface area (Å²) in [6.07, 6.45) is 3.84. The Labute approximate surface area is 114 Å². The Morgan fingerprint density at radius 2 is 2.05 bits per heavy atom. The number of rotatable bonds is 2. The third-order valence-electron chi connectivity index (χ3n) is 3.02. The van der Waals surface area contributed by atoms with E-state index in [9.17, 15) is 5.11 Å². The molecule has 96 valence electrons. The van der Waals surface area contributed by atoms with E-state index in [2.05, 4.69) is 15.1 Å². The number of nitrogens with zero attached hydrogens (tertiary/aromatic N) is 4. The second-order valence-electron chi connectivity index (χ2n) is 4.18. The molecule has 0 aliphatic heterocycles. The lowest BCUT2D eigenvalue weighted by Crippen LogP contribution is -2.08. The second-order valence-corrected chi connectivity index (χ2v) is 4.58. The SMILES string of the molecule is Cn1ncc(Cl)c1C(O)c1cccc2nccnc12. The first-order valence-corrected chi connectivity index (χ1v) is 6.11. The number of fused-ring (bicyclic) bond motifs is 1. The van der Waals surface area contributed by atoms with Crippen molar-refractivity contribution in [2.45, 2.75) is 6.10 Å². The fraction of sp³-hybridized carbons (Fsp3) is 0.154. The molecule has 0 aliphatic carbocycles. The highest BCUT2D eigenvalue weighted by Gasteiger charge is 2.20. The number of para-hydroxylation sites is 1. The number of aliphatic hydroxyl groups excluding tert-OH is 1. The first-order valence-electron chi connectivity index (χ1n) is 5.73. The topological polar surface area (TPSA) is 63.8 Å². The molecule has 6 heteroatoms. The van der Waals surface area contributed by atoms with Crippen molar-refractivity contribution in [1.82, 2.24) is 19.7 Å². The fourth-order valence-electron chi connectivity index (χ4n) is 2.11. The summed E-state index contributed by atoms with van der Waals surface area (Å²) in [6, 6.07) is 5.49. The van der Waals surface area contributed by atoms with E-state index in [1.54, 1.807) is 24.1 Å². The first-order chi connectivity index (χ1) is 9.18. The van der Waals surface area contributed by atoms with E-state index in [0.29, 0.717) is 21.8 Å². The highest BCUT2D eigenvalue weighted by Crippen LogP contribution is 2.30. The molecule has 0 amide bonds. The van der Waals surface area contributed by atoms with Crippen LogP contribution in [0, 0.1) is 0 Å². The highest BCUT2D eigenvalue weighted by molar-refractivity contribution is 6.31. The van der Waals surface area contributed by atoms with Crippen LogP contribution in [-0.2, 0) is 7.05 Å². The Morgan fingerprint density at radius 1 is 1.26 bits per heavy atom. The van der Waals surface area contributed by atoms with Crippen LogP contribution in [0.4, 0.5) is 0 Å². The van der Waals surface area contributed by atoms with E-state index in [4.69, 9.17) is 11.6 Å². The van der Waals surface area contributed by atoms with Gasteiger partial charge in [-0.1, -0.05) is 23.7 Å². The van der Waals surface area contributed by atoms with Crippen LogP contribution in [0.1, 0.15) is 17.4 Å². The van der Waals surface area contributed by atoms with Gasteiger partial charge < -0.3 is 5.11 Å². The van der Waals surface area contributed by atoms with Gasteiger partial charge in [-0.3, -0.25) is 14.6 Å². The van der Waals surface area contributed by atoms with Gasteiger partial charge in [-0.2, -0.15) is 5.10 Å². The average Bonchev–Trinajstić information content (AvgIpc) is 2.77. The number of halogens is 1. The van der Waals surface area contributed by atoms with Gasteiger partial charge in [-0.15, -0.1) is 0 Å². The summed E-state index contributed by atoms with van der Waals surface area (Å²) in [4.78, 5) is 8.50. The maximum absolute atomic E-state index is 10.5. The normalized spacial score (nSPS) is 12.8. The Balaban J connectivity index is 2.20. The minimum absolute atomic E-state index is 0.427. The largest absolute Gasteiger partial charge is 0.382 e. The van der Waals surface area contributed by atoms with Crippen molar-refractivity contribution < 1.29 is 5.11 Å². The molecule has 3 aromatic rings. The minimum Gasteiger partial charge on any atom is -0.382 e. The predicted octanol–water partition coefficient (Wildman–Crippen LogP) is 2.10. The lowest BCUT2D eigenvalue weighted by molar-refractivity contribution is 0.211. The number of hydrogen-bond acceptors (Lipinski definition) is 4. The van der Waals surface area contributed by atoms with Crippen LogP contribution in [0.3, 0.4) is 0 Å². The molecule has 5 nitrogen and oxygen atoms in total. The maximum Gasteiger partial charge on any atom is 0.124 e. The smallest absolute Gasteiger partial charge is 0.124 e. The molecule has 1 atom stereocenters. The van der Waals surface area contributed by atoms with Crippen molar-refractivity contribution in [3.05, 3.63) is 53.1 Å². The Hall–Kier alpha value is -1.98. The van der Waals surface area contributed by atoms with Gasteiger partial charge in [-0.05, 0) is 6.07 Å². The van der Waals surface area contributed by atoms with Gasteiger partial charge >= 0.3 is 0 Å². The Bertz CT molecular complexity index is 716. The molecule has 1 N–H and O–H groups in total. The molecule has 0 saturated heterocycles. The lowest BCUT2D eigenvalue weighted by atomic mass is 10.0. The van der Waals surface area contributed by atoms with Gasteiger partial charge in [0, 0.05) is 25.0 Å². The lowest BCUT2D eigenvalue weighted by Gasteiger charge is -2.13. The van der Waals surface area contributed by atoms with E-state index in [-0.39, 0.29) is 0 Å². The molecule has 0 aliphatic rings. The van der Waals surface area contributed by atoms with Gasteiger partial charge in [0.2, 0.25) is 0 Å². The zero-order chi connectivity index (χ0) is 13.4. The van der Waals surface area contributed by atoms with Gasteiger partial charge in [0.15, 0.2) is 0 Å². The number of aryl methyl sites for hydroxylation is 1. The van der Waals surface area contributed by atoms with Crippen molar-refractivity contribution in [2.75, 3.05) is 0 Å². The highest BCUT2D eigenvalue weighted by atomic mass is 35.5. The molecule has 0 fully saturated rings. The van der Waals surface area contributed by atoms with Crippen molar-refractivity contribution in [3.8, 4) is 0 Å². The van der Waals surface area contributed by atoms with Crippen LogP contribution in [-0.4, -0.2) is 24.9 Å². The van der Waals surface area contributed by atoms with Crippen molar-refractivity contribution in [3.63, 3.8) is 0 Å². The zero-order valence-corrected chi connectivity index (χ0v) is 10.9. The molecule has 0 spiro atoms. The van der Waals surface area contributed by atoms with E-state index in [0.717, 1.165) is 5.52 Å². The predicted molar refractivity (Wildman–Crippen MR) is 71.8 cm³/mol. The van der Waals surface area contributed by atoms with Crippen LogP contribution in [0.25, 0.3) is 11.0 Å². The summed E-state index contributed by atoms with van der Waals surface area (Å²) in [7, 11) is 1.74. The molecule has 0 radical (unpaired) electrons. The van der Waals surface area contributed by atoms with Crippen LogP contribution in [0.15, 0.2) is 36.8 Å². The van der Waals surface area contributed by atoms with E-state index in [1.807, 2.05) is 18.2 Å². The number of hydrogen-bond donors (Lipinski definition) is 1. The summed E-state index contributed by atoms with van der Waals surface area (Å²) in [5, 5.41) is 15.0. The third kappa shape index (κ3) is 1.97. The molecule has 0 saturated carbocycles. The Morgan fingerprint density at radius 3 is 2.79 bits per heavy atom. The summed E-state index contributed by atoms with van der Waals surface area (Å²) in [5.41, 5.74) is 2.60. The average molecular weight is 275 g/mol. The Kier molecular flexibility index (Phi) is 2.93. The maximum atomic E-state index is 10.5. The zero-order valence-electron chi connectivity index (χ0n) is 10.2. The molecule has 0 bridgehead atoms. The summed E-state index contributed by atoms with van der Waals surface area (Å²) in [5.74, 6) is 0. The quantitative estimate of drug-likeness (QED) is 0.777. The first kappa shape index (κ1) is 12.1.